The average molecular weight is 431 g/mol. The van der Waals surface area contributed by atoms with Crippen LogP contribution in [0.15, 0.2) is 0 Å². The van der Waals surface area contributed by atoms with Crippen LogP contribution in [0.4, 0.5) is 0 Å². The number of carbonyl (C=O) groups is 4. The molecular weight excluding hydrogens is 406 g/mol. The third-order valence-corrected chi connectivity index (χ3v) is 5.75. The van der Waals surface area contributed by atoms with E-state index >= 15 is 0 Å². The van der Waals surface area contributed by atoms with Gasteiger partial charge in [0.25, 0.3) is 0 Å². The number of hydrogen-bond donors (Lipinski definition) is 3. The summed E-state index contributed by atoms with van der Waals surface area (Å²) in [6.07, 6.45) is -2.42. The number of ether oxygens (including phenoxy) is 2. The molecule has 168 valence electrons. The first kappa shape index (κ1) is 23.5. The zero-order chi connectivity index (χ0) is 22.6. The minimum absolute atomic E-state index is 0.0267. The van der Waals surface area contributed by atoms with Crippen molar-refractivity contribution in [3.63, 3.8) is 0 Å². The molecule has 0 aromatic rings. The minimum atomic E-state index is -1.45. The summed E-state index contributed by atoms with van der Waals surface area (Å²) in [6.45, 7) is 1.20. The number of aliphatic hydroxyl groups excluding tert-OH is 1. The van der Waals surface area contributed by atoms with Crippen molar-refractivity contribution in [1.29, 1.82) is 0 Å². The first-order valence-electron chi connectivity index (χ1n) is 9.69. The molecule has 0 aliphatic heterocycles. The van der Waals surface area contributed by atoms with Crippen LogP contribution in [-0.4, -0.2) is 62.6 Å². The van der Waals surface area contributed by atoms with Gasteiger partial charge in [0, 0.05) is 24.7 Å². The molecule has 0 aromatic heterocycles. The highest BCUT2D eigenvalue weighted by Gasteiger charge is 2.45. The Hall–Kier alpha value is -2.76. The molecule has 3 N–H and O–H groups in total. The van der Waals surface area contributed by atoms with Crippen LogP contribution >= 0.6 is 0 Å². The van der Waals surface area contributed by atoms with E-state index in [0.717, 1.165) is 0 Å². The van der Waals surface area contributed by atoms with Gasteiger partial charge >= 0.3 is 23.9 Å². The predicted molar refractivity (Wildman–Crippen MR) is 95.4 cm³/mol. The maximum Gasteiger partial charge on any atom is 0.313 e. The number of aliphatic carboxylic acids is 2. The van der Waals surface area contributed by atoms with Gasteiger partial charge < -0.3 is 24.8 Å². The third kappa shape index (κ3) is 5.65. The maximum atomic E-state index is 12.4. The van der Waals surface area contributed by atoms with Gasteiger partial charge in [0.05, 0.1) is 29.8 Å². The number of carboxylic acid groups (broad SMARTS) is 2. The second kappa shape index (κ2) is 9.83. The van der Waals surface area contributed by atoms with Crippen LogP contribution in [0.3, 0.4) is 0 Å². The summed E-state index contributed by atoms with van der Waals surface area (Å²) in [7, 11) is 0. The van der Waals surface area contributed by atoms with Gasteiger partial charge in [0.15, 0.2) is 0 Å². The lowest BCUT2D eigenvalue weighted by Crippen LogP contribution is -2.42. The topological polar surface area (TPSA) is 191 Å². The van der Waals surface area contributed by atoms with Gasteiger partial charge in [-0.15, -0.1) is 0 Å². The highest BCUT2D eigenvalue weighted by Crippen LogP contribution is 2.34. The van der Waals surface area contributed by atoms with Crippen molar-refractivity contribution in [2.24, 2.45) is 23.7 Å². The van der Waals surface area contributed by atoms with E-state index in [1.165, 1.54) is 6.92 Å². The van der Waals surface area contributed by atoms with Crippen molar-refractivity contribution in [3.8, 4) is 0 Å². The Morgan fingerprint density at radius 3 is 1.80 bits per heavy atom. The number of rotatable bonds is 7. The lowest BCUT2D eigenvalue weighted by Gasteiger charge is -2.31. The second-order valence-corrected chi connectivity index (χ2v) is 7.76. The predicted octanol–water partition coefficient (Wildman–Crippen LogP) is 0.427. The summed E-state index contributed by atoms with van der Waals surface area (Å²) >= 11 is 0. The smallest absolute Gasteiger partial charge is 0.313 e. The van der Waals surface area contributed by atoms with Gasteiger partial charge in [0.2, 0.25) is 12.3 Å². The number of carboxylic acids is 2. The molecule has 0 radical (unpaired) electrons. The van der Waals surface area contributed by atoms with Crippen LogP contribution in [0.25, 0.3) is 0 Å². The molecule has 0 aromatic carbocycles. The van der Waals surface area contributed by atoms with E-state index in [0.29, 0.717) is 0 Å². The normalized spacial score (nSPS) is 32.5. The fourth-order valence-corrected chi connectivity index (χ4v) is 4.13. The van der Waals surface area contributed by atoms with E-state index in [9.17, 15) is 44.6 Å². The van der Waals surface area contributed by atoms with E-state index in [-0.39, 0.29) is 38.5 Å². The Balaban J connectivity index is 2.01. The standard InChI is InChI=1S/C18H25NO11/c1-8(30-18(26)14-7-10(20)3-5-12(14)16(23)24)29-17(25)13-6-9(19(27)28)2-4-11(13)15(21)22/h8-14,20H,2-7H2,1H3,(H,21,22)(H,23,24). The van der Waals surface area contributed by atoms with Gasteiger partial charge in [-0.05, 0) is 25.7 Å². The van der Waals surface area contributed by atoms with Crippen LogP contribution in [0.5, 0.6) is 0 Å². The highest BCUT2D eigenvalue weighted by atomic mass is 16.7. The Labute approximate surface area is 171 Å². The third-order valence-electron chi connectivity index (χ3n) is 5.75. The van der Waals surface area contributed by atoms with E-state index in [2.05, 4.69) is 0 Å². The molecule has 2 fully saturated rings. The number of esters is 2. The number of nitro groups is 1. The van der Waals surface area contributed by atoms with Gasteiger partial charge in [-0.2, -0.15) is 0 Å². The summed E-state index contributed by atoms with van der Waals surface area (Å²) < 4.78 is 10.0. The quantitative estimate of drug-likeness (QED) is 0.219. The van der Waals surface area contributed by atoms with Gasteiger partial charge in [0.1, 0.15) is 0 Å². The number of hydrogen-bond acceptors (Lipinski definition) is 9. The number of carbonyl (C=O) groups excluding carboxylic acids is 2. The molecule has 12 nitrogen and oxygen atoms in total. The first-order chi connectivity index (χ1) is 14.0. The summed E-state index contributed by atoms with van der Waals surface area (Å²) in [5.41, 5.74) is 0. The molecule has 0 heterocycles. The minimum Gasteiger partial charge on any atom is -0.481 e. The molecule has 0 bridgehead atoms. The molecule has 0 saturated heterocycles. The summed E-state index contributed by atoms with van der Waals surface area (Å²) in [5, 5.41) is 39.3. The van der Waals surface area contributed by atoms with Crippen molar-refractivity contribution in [2.75, 3.05) is 0 Å². The van der Waals surface area contributed by atoms with E-state index in [1.54, 1.807) is 0 Å². The van der Waals surface area contributed by atoms with Crippen molar-refractivity contribution in [2.45, 2.75) is 63.9 Å². The SMILES string of the molecule is CC(OC(=O)C1CC(O)CCC1C(=O)O)OC(=O)C1CC([N+](=O)[O-])CCC1C(=O)O. The van der Waals surface area contributed by atoms with Crippen LogP contribution in [-0.2, 0) is 28.7 Å². The molecule has 2 aliphatic carbocycles. The Kier molecular flexibility index (Phi) is 7.71. The van der Waals surface area contributed by atoms with Crippen LogP contribution in [0.1, 0.15) is 45.4 Å². The van der Waals surface area contributed by atoms with Crippen molar-refractivity contribution in [1.82, 2.24) is 0 Å². The Morgan fingerprint density at radius 1 is 0.867 bits per heavy atom. The molecule has 2 rings (SSSR count). The highest BCUT2D eigenvalue weighted by molar-refractivity contribution is 5.82. The molecule has 2 saturated carbocycles. The van der Waals surface area contributed by atoms with Gasteiger partial charge in [-0.3, -0.25) is 29.3 Å². The molecule has 2 aliphatic rings. The van der Waals surface area contributed by atoms with Crippen LogP contribution in [0, 0.1) is 33.8 Å². The Morgan fingerprint density at radius 2 is 1.33 bits per heavy atom. The fourth-order valence-electron chi connectivity index (χ4n) is 4.13. The number of aliphatic hydroxyl groups is 1. The van der Waals surface area contributed by atoms with Crippen LogP contribution in [0.2, 0.25) is 0 Å². The lowest BCUT2D eigenvalue weighted by atomic mass is 9.77. The summed E-state index contributed by atoms with van der Waals surface area (Å²) in [5.74, 6) is -9.05. The molecule has 0 amide bonds. The van der Waals surface area contributed by atoms with Crippen molar-refractivity contribution >= 4 is 23.9 Å². The molecule has 12 heteroatoms. The zero-order valence-electron chi connectivity index (χ0n) is 16.3. The average Bonchev–Trinajstić information content (AvgIpc) is 2.66. The van der Waals surface area contributed by atoms with Gasteiger partial charge in [-0.25, -0.2) is 0 Å². The largest absolute Gasteiger partial charge is 0.481 e. The van der Waals surface area contributed by atoms with Crippen LogP contribution < -0.4 is 0 Å². The molecule has 30 heavy (non-hydrogen) atoms. The molecule has 7 unspecified atom stereocenters. The molecule has 0 spiro atoms. The van der Waals surface area contributed by atoms with Gasteiger partial charge in [-0.1, -0.05) is 0 Å². The number of nitrogens with zero attached hydrogens (tertiary/aromatic N) is 1. The van der Waals surface area contributed by atoms with E-state index in [4.69, 9.17) is 9.47 Å². The Bertz CT molecular complexity index is 708. The second-order valence-electron chi connectivity index (χ2n) is 7.76. The summed E-state index contributed by atoms with van der Waals surface area (Å²) in [6, 6.07) is -1.07. The zero-order valence-corrected chi connectivity index (χ0v) is 16.3. The summed E-state index contributed by atoms with van der Waals surface area (Å²) in [4.78, 5) is 58.0. The lowest BCUT2D eigenvalue weighted by molar-refractivity contribution is -0.528. The molecule has 7 atom stereocenters. The fraction of sp³-hybridized carbons (Fsp3) is 0.778. The van der Waals surface area contributed by atoms with E-state index < -0.39 is 70.9 Å². The van der Waals surface area contributed by atoms with Crippen molar-refractivity contribution in [3.05, 3.63) is 10.1 Å². The monoisotopic (exact) mass is 431 g/mol. The first-order valence-corrected chi connectivity index (χ1v) is 9.69. The maximum absolute atomic E-state index is 12.4. The molecular formula is C18H25NO11. The van der Waals surface area contributed by atoms with E-state index in [1.807, 2.05) is 0 Å². The van der Waals surface area contributed by atoms with Crippen molar-refractivity contribution < 1.29 is 48.9 Å².